The largest absolute Gasteiger partial charge is 0.419 e. The number of rotatable bonds is 4. The first-order chi connectivity index (χ1) is 8.20. The van der Waals surface area contributed by atoms with Crippen LogP contribution in [0.2, 0.25) is 0 Å². The number of aromatic nitrogens is 2. The quantitative estimate of drug-likeness (QED) is 0.908. The van der Waals surface area contributed by atoms with Gasteiger partial charge in [-0.3, -0.25) is 0 Å². The third-order valence-corrected chi connectivity index (χ3v) is 3.30. The fraction of sp³-hybridized carbons (Fsp3) is 0.273. The van der Waals surface area contributed by atoms with Gasteiger partial charge in [0.15, 0.2) is 0 Å². The lowest BCUT2D eigenvalue weighted by Crippen LogP contribution is -2.11. The molecule has 0 saturated carbocycles. The molecule has 17 heavy (non-hydrogen) atoms. The van der Waals surface area contributed by atoms with Gasteiger partial charge in [-0.25, -0.2) is 0 Å². The van der Waals surface area contributed by atoms with Crippen molar-refractivity contribution in [2.75, 3.05) is 6.54 Å². The van der Waals surface area contributed by atoms with Gasteiger partial charge in [0.1, 0.15) is 0 Å². The molecule has 1 N–H and O–H groups in total. The molecule has 4 nitrogen and oxygen atoms in total. The van der Waals surface area contributed by atoms with Crippen LogP contribution in [0, 0.1) is 0 Å². The molecule has 0 aliphatic rings. The third-order valence-electron chi connectivity index (χ3n) is 2.15. The van der Waals surface area contributed by atoms with Crippen molar-refractivity contribution in [2.45, 2.75) is 13.5 Å². The van der Waals surface area contributed by atoms with Gasteiger partial charge in [0.05, 0.1) is 12.1 Å². The number of hydrogen-bond donors (Lipinski definition) is 1. The maximum Gasteiger partial charge on any atom is 0.248 e. The van der Waals surface area contributed by atoms with E-state index in [1.54, 1.807) is 0 Å². The van der Waals surface area contributed by atoms with E-state index in [4.69, 9.17) is 4.42 Å². The van der Waals surface area contributed by atoms with E-state index in [0.717, 1.165) is 21.1 Å². The molecule has 2 rings (SSSR count). The average Bonchev–Trinajstić information content (AvgIpc) is 2.75. The van der Waals surface area contributed by atoms with Crippen LogP contribution in [0.15, 0.2) is 31.6 Å². The summed E-state index contributed by atoms with van der Waals surface area (Å²) in [6, 6.07) is 5.82. The molecule has 0 aliphatic heterocycles. The van der Waals surface area contributed by atoms with Gasteiger partial charge in [-0.1, -0.05) is 22.9 Å². The van der Waals surface area contributed by atoms with Gasteiger partial charge in [-0.2, -0.15) is 0 Å². The summed E-state index contributed by atoms with van der Waals surface area (Å²) in [6.07, 6.45) is 0. The van der Waals surface area contributed by atoms with E-state index in [1.165, 1.54) is 0 Å². The summed E-state index contributed by atoms with van der Waals surface area (Å²) < 4.78 is 7.48. The highest BCUT2D eigenvalue weighted by Crippen LogP contribution is 2.29. The lowest BCUT2D eigenvalue weighted by Gasteiger charge is -1.99. The van der Waals surface area contributed by atoms with Crippen LogP contribution < -0.4 is 5.32 Å². The minimum Gasteiger partial charge on any atom is -0.419 e. The van der Waals surface area contributed by atoms with E-state index in [-0.39, 0.29) is 0 Å². The van der Waals surface area contributed by atoms with Crippen molar-refractivity contribution in [3.63, 3.8) is 0 Å². The predicted molar refractivity (Wildman–Crippen MR) is 72.5 cm³/mol. The van der Waals surface area contributed by atoms with Crippen molar-refractivity contribution < 1.29 is 4.42 Å². The molecule has 0 bridgehead atoms. The molecule has 2 aromatic rings. The molecule has 0 radical (unpaired) electrons. The zero-order valence-electron chi connectivity index (χ0n) is 9.20. The van der Waals surface area contributed by atoms with Crippen LogP contribution in [-0.4, -0.2) is 16.7 Å². The minimum absolute atomic E-state index is 0.525. The van der Waals surface area contributed by atoms with E-state index in [2.05, 4.69) is 47.4 Å². The number of hydrogen-bond acceptors (Lipinski definition) is 4. The Balaban J connectivity index is 2.24. The molecule has 0 amide bonds. The Bertz CT molecular complexity index is 513. The van der Waals surface area contributed by atoms with Gasteiger partial charge in [-0.15, -0.1) is 10.2 Å². The maximum absolute atomic E-state index is 5.56. The Morgan fingerprint density at radius 2 is 2.12 bits per heavy atom. The van der Waals surface area contributed by atoms with E-state index >= 15 is 0 Å². The van der Waals surface area contributed by atoms with E-state index in [1.807, 2.05) is 25.1 Å². The third kappa shape index (κ3) is 3.14. The molecule has 0 saturated heterocycles. The fourth-order valence-corrected chi connectivity index (χ4v) is 2.55. The zero-order valence-corrected chi connectivity index (χ0v) is 12.4. The second kappa shape index (κ2) is 5.75. The molecule has 0 fully saturated rings. The number of benzene rings is 1. The average molecular weight is 361 g/mol. The van der Waals surface area contributed by atoms with Crippen LogP contribution in [0.1, 0.15) is 12.8 Å². The first-order valence-electron chi connectivity index (χ1n) is 5.19. The summed E-state index contributed by atoms with van der Waals surface area (Å²) in [7, 11) is 0. The molecule has 1 aromatic carbocycles. The van der Waals surface area contributed by atoms with Gasteiger partial charge >= 0.3 is 0 Å². The first-order valence-corrected chi connectivity index (χ1v) is 6.78. The summed E-state index contributed by atoms with van der Waals surface area (Å²) in [5.74, 6) is 1.12. The summed E-state index contributed by atoms with van der Waals surface area (Å²) >= 11 is 6.87. The lowest BCUT2D eigenvalue weighted by molar-refractivity contribution is 0.482. The Labute approximate surface area is 116 Å². The van der Waals surface area contributed by atoms with Gasteiger partial charge in [0.2, 0.25) is 11.8 Å². The highest BCUT2D eigenvalue weighted by molar-refractivity contribution is 9.11. The highest BCUT2D eigenvalue weighted by Gasteiger charge is 2.11. The zero-order chi connectivity index (χ0) is 12.3. The smallest absolute Gasteiger partial charge is 0.248 e. The van der Waals surface area contributed by atoms with Gasteiger partial charge in [-0.05, 0) is 40.7 Å². The molecule has 90 valence electrons. The van der Waals surface area contributed by atoms with Crippen molar-refractivity contribution in [1.82, 2.24) is 15.5 Å². The topological polar surface area (TPSA) is 51.0 Å². The van der Waals surface area contributed by atoms with Crippen LogP contribution in [-0.2, 0) is 6.54 Å². The molecule has 0 spiro atoms. The van der Waals surface area contributed by atoms with Crippen molar-refractivity contribution in [2.24, 2.45) is 0 Å². The second-order valence-electron chi connectivity index (χ2n) is 3.41. The molecular weight excluding hydrogens is 350 g/mol. The number of nitrogens with zero attached hydrogens (tertiary/aromatic N) is 2. The Hall–Kier alpha value is -0.720. The maximum atomic E-state index is 5.56. The fourth-order valence-electron chi connectivity index (χ4n) is 1.33. The molecule has 1 heterocycles. The van der Waals surface area contributed by atoms with Gasteiger partial charge in [0.25, 0.3) is 0 Å². The monoisotopic (exact) mass is 359 g/mol. The number of halogens is 2. The number of nitrogens with one attached hydrogen (secondary N) is 1. The standard InChI is InChI=1S/C11H11Br2N3O/c1-2-14-6-10-15-16-11(17-10)8-4-3-7(12)5-9(8)13/h3-5,14H,2,6H2,1H3. The van der Waals surface area contributed by atoms with Gasteiger partial charge < -0.3 is 9.73 Å². The Morgan fingerprint density at radius 3 is 2.82 bits per heavy atom. The molecule has 0 aliphatic carbocycles. The lowest BCUT2D eigenvalue weighted by atomic mass is 10.2. The van der Waals surface area contributed by atoms with Crippen molar-refractivity contribution in [3.05, 3.63) is 33.0 Å². The van der Waals surface area contributed by atoms with Crippen LogP contribution >= 0.6 is 31.9 Å². The first kappa shape index (κ1) is 12.7. The van der Waals surface area contributed by atoms with Crippen molar-refractivity contribution >= 4 is 31.9 Å². The summed E-state index contributed by atoms with van der Waals surface area (Å²) in [6.45, 7) is 3.50. The van der Waals surface area contributed by atoms with Crippen LogP contribution in [0.5, 0.6) is 0 Å². The SMILES string of the molecule is CCNCc1nnc(-c2ccc(Br)cc2Br)o1. The molecular formula is C11H11Br2N3O. The molecule has 0 unspecified atom stereocenters. The van der Waals surface area contributed by atoms with E-state index < -0.39 is 0 Å². The molecule has 6 heteroatoms. The molecule has 0 atom stereocenters. The van der Waals surface area contributed by atoms with Crippen molar-refractivity contribution in [3.8, 4) is 11.5 Å². The Kier molecular flexibility index (Phi) is 4.31. The summed E-state index contributed by atoms with van der Waals surface area (Å²) in [4.78, 5) is 0. The van der Waals surface area contributed by atoms with Crippen LogP contribution in [0.3, 0.4) is 0 Å². The minimum atomic E-state index is 0.525. The highest BCUT2D eigenvalue weighted by atomic mass is 79.9. The summed E-state index contributed by atoms with van der Waals surface area (Å²) in [5.41, 5.74) is 0.892. The van der Waals surface area contributed by atoms with E-state index in [9.17, 15) is 0 Å². The second-order valence-corrected chi connectivity index (χ2v) is 5.18. The normalized spacial score (nSPS) is 10.8. The molecule has 1 aromatic heterocycles. The predicted octanol–water partition coefficient (Wildman–Crippen LogP) is 3.37. The summed E-state index contributed by atoms with van der Waals surface area (Å²) in [5, 5.41) is 11.1. The van der Waals surface area contributed by atoms with Crippen LogP contribution in [0.25, 0.3) is 11.5 Å². The van der Waals surface area contributed by atoms with Crippen molar-refractivity contribution in [1.29, 1.82) is 0 Å². The van der Waals surface area contributed by atoms with Gasteiger partial charge in [0, 0.05) is 8.95 Å². The van der Waals surface area contributed by atoms with E-state index in [0.29, 0.717) is 18.3 Å². The van der Waals surface area contributed by atoms with Crippen LogP contribution in [0.4, 0.5) is 0 Å². The Morgan fingerprint density at radius 1 is 1.29 bits per heavy atom.